The third-order valence-corrected chi connectivity index (χ3v) is 2.98. The lowest BCUT2D eigenvalue weighted by atomic mass is 10.2. The zero-order valence-corrected chi connectivity index (χ0v) is 11.0. The van der Waals surface area contributed by atoms with Crippen LogP contribution in [0.3, 0.4) is 0 Å². The van der Waals surface area contributed by atoms with E-state index in [1.54, 1.807) is 11.6 Å². The van der Waals surface area contributed by atoms with Gasteiger partial charge < -0.3 is 15.6 Å². The van der Waals surface area contributed by atoms with Crippen LogP contribution in [0.25, 0.3) is 0 Å². The van der Waals surface area contributed by atoms with E-state index in [1.165, 1.54) is 29.5 Å². The normalized spacial score (nSPS) is 10.0. The molecule has 0 saturated heterocycles. The molecule has 0 aliphatic heterocycles. The fourth-order valence-electron chi connectivity index (χ4n) is 1.40. The number of nitrogens with two attached hydrogens (primary N) is 1. The largest absolute Gasteiger partial charge is 0.482 e. The Bertz CT molecular complexity index is 628. The Morgan fingerprint density at radius 1 is 1.45 bits per heavy atom. The van der Waals surface area contributed by atoms with E-state index in [4.69, 9.17) is 15.6 Å². The summed E-state index contributed by atoms with van der Waals surface area (Å²) >= 11 is 1.29. The smallest absolute Gasteiger partial charge is 0.335 e. The van der Waals surface area contributed by atoms with E-state index in [2.05, 4.69) is 10.3 Å². The first-order chi connectivity index (χ1) is 9.56. The Kier molecular flexibility index (Phi) is 4.16. The molecule has 4 N–H and O–H groups in total. The van der Waals surface area contributed by atoms with Crippen LogP contribution in [0.15, 0.2) is 29.8 Å². The lowest BCUT2D eigenvalue weighted by molar-refractivity contribution is -0.118. The second-order valence-electron chi connectivity index (χ2n) is 3.73. The summed E-state index contributed by atoms with van der Waals surface area (Å²) in [6, 6.07) is 4.04. The number of rotatable bonds is 5. The van der Waals surface area contributed by atoms with Crippen molar-refractivity contribution in [1.29, 1.82) is 0 Å². The monoisotopic (exact) mass is 293 g/mol. The lowest BCUT2D eigenvalue weighted by Gasteiger charge is -2.08. The molecule has 0 bridgehead atoms. The average Bonchev–Trinajstić information content (AvgIpc) is 2.90. The lowest BCUT2D eigenvalue weighted by Crippen LogP contribution is -2.20. The van der Waals surface area contributed by atoms with Crippen molar-refractivity contribution in [2.45, 2.75) is 0 Å². The summed E-state index contributed by atoms with van der Waals surface area (Å²) in [7, 11) is 0. The molecule has 1 aromatic heterocycles. The third kappa shape index (κ3) is 3.45. The van der Waals surface area contributed by atoms with Crippen LogP contribution >= 0.6 is 11.3 Å². The minimum atomic E-state index is -1.08. The summed E-state index contributed by atoms with van der Waals surface area (Å²) < 4.78 is 5.23. The van der Waals surface area contributed by atoms with Gasteiger partial charge in [-0.1, -0.05) is 0 Å². The number of hydrogen-bond acceptors (Lipinski definition) is 6. The van der Waals surface area contributed by atoms with E-state index in [1.807, 2.05) is 0 Å². The van der Waals surface area contributed by atoms with Crippen molar-refractivity contribution in [3.63, 3.8) is 0 Å². The Morgan fingerprint density at radius 3 is 2.85 bits per heavy atom. The number of nitrogen functional groups attached to an aromatic ring is 1. The maximum absolute atomic E-state index is 11.6. The molecule has 2 rings (SSSR count). The minimum Gasteiger partial charge on any atom is -0.482 e. The fourth-order valence-corrected chi connectivity index (χ4v) is 1.94. The van der Waals surface area contributed by atoms with Crippen molar-refractivity contribution in [2.24, 2.45) is 0 Å². The number of anilines is 2. The van der Waals surface area contributed by atoms with Gasteiger partial charge in [-0.2, -0.15) is 0 Å². The van der Waals surface area contributed by atoms with Crippen molar-refractivity contribution in [3.05, 3.63) is 35.3 Å². The number of aromatic carboxylic acids is 1. The van der Waals surface area contributed by atoms with Crippen LogP contribution < -0.4 is 15.8 Å². The molecule has 1 aromatic carbocycles. The third-order valence-electron chi connectivity index (χ3n) is 2.29. The molecule has 0 atom stereocenters. The summed E-state index contributed by atoms with van der Waals surface area (Å²) in [5, 5.41) is 13.6. The molecular weight excluding hydrogens is 282 g/mol. The number of hydrogen-bond donors (Lipinski definition) is 3. The summed E-state index contributed by atoms with van der Waals surface area (Å²) in [5.74, 6) is -1.20. The van der Waals surface area contributed by atoms with Gasteiger partial charge in [-0.15, -0.1) is 11.3 Å². The van der Waals surface area contributed by atoms with E-state index in [0.717, 1.165) is 0 Å². The zero-order valence-electron chi connectivity index (χ0n) is 10.2. The molecule has 0 aliphatic carbocycles. The highest BCUT2D eigenvalue weighted by molar-refractivity contribution is 7.13. The Hall–Kier alpha value is -2.61. The number of aromatic nitrogens is 1. The first-order valence-electron chi connectivity index (χ1n) is 5.51. The van der Waals surface area contributed by atoms with Gasteiger partial charge in [0.2, 0.25) is 0 Å². The van der Waals surface area contributed by atoms with Crippen molar-refractivity contribution in [3.8, 4) is 5.75 Å². The highest BCUT2D eigenvalue weighted by Gasteiger charge is 2.09. The summed E-state index contributed by atoms with van der Waals surface area (Å²) in [4.78, 5) is 26.2. The van der Waals surface area contributed by atoms with Crippen molar-refractivity contribution in [2.75, 3.05) is 17.7 Å². The first kappa shape index (κ1) is 13.8. The van der Waals surface area contributed by atoms with Crippen molar-refractivity contribution >= 4 is 34.0 Å². The summed E-state index contributed by atoms with van der Waals surface area (Å²) in [6.07, 6.45) is 1.57. The number of nitrogens with zero attached hydrogens (tertiary/aromatic N) is 1. The molecule has 0 saturated carbocycles. The minimum absolute atomic E-state index is 0.0575. The molecule has 0 spiro atoms. The summed E-state index contributed by atoms with van der Waals surface area (Å²) in [6.45, 7) is -0.240. The fraction of sp³-hybridized carbons (Fsp3) is 0.0833. The van der Waals surface area contributed by atoms with Gasteiger partial charge in [0.25, 0.3) is 5.91 Å². The molecule has 0 fully saturated rings. The quantitative estimate of drug-likeness (QED) is 0.719. The van der Waals surface area contributed by atoms with E-state index in [0.29, 0.717) is 5.13 Å². The van der Waals surface area contributed by atoms with Crippen LogP contribution in [0.2, 0.25) is 0 Å². The second-order valence-corrected chi connectivity index (χ2v) is 4.63. The number of benzene rings is 1. The molecular formula is C12H11N3O4S. The molecule has 1 heterocycles. The highest BCUT2D eigenvalue weighted by Crippen LogP contribution is 2.22. The number of amides is 1. The second kappa shape index (κ2) is 6.02. The van der Waals surface area contributed by atoms with Gasteiger partial charge in [0, 0.05) is 11.6 Å². The zero-order chi connectivity index (χ0) is 14.5. The van der Waals surface area contributed by atoms with Crippen LogP contribution in [-0.2, 0) is 4.79 Å². The maximum atomic E-state index is 11.6. The molecule has 7 nitrogen and oxygen atoms in total. The van der Waals surface area contributed by atoms with Gasteiger partial charge in [0.15, 0.2) is 11.7 Å². The standard InChI is InChI=1S/C12H11N3O4S/c13-8-5-7(11(17)18)1-2-9(8)19-6-10(16)15-12-14-3-4-20-12/h1-5H,6,13H2,(H,17,18)(H,14,15,16). The molecule has 104 valence electrons. The Morgan fingerprint density at radius 2 is 2.25 bits per heavy atom. The molecule has 2 aromatic rings. The van der Waals surface area contributed by atoms with Gasteiger partial charge in [0.1, 0.15) is 5.75 Å². The molecule has 8 heteroatoms. The molecule has 0 unspecified atom stereocenters. The van der Waals surface area contributed by atoms with Gasteiger partial charge in [0.05, 0.1) is 11.3 Å². The van der Waals surface area contributed by atoms with Crippen LogP contribution in [0.1, 0.15) is 10.4 Å². The SMILES string of the molecule is Nc1cc(C(=O)O)ccc1OCC(=O)Nc1nccs1. The van der Waals surface area contributed by atoms with E-state index in [-0.39, 0.29) is 29.5 Å². The van der Waals surface area contributed by atoms with Gasteiger partial charge in [-0.05, 0) is 18.2 Å². The number of nitrogens with one attached hydrogen (secondary N) is 1. The van der Waals surface area contributed by atoms with E-state index in [9.17, 15) is 9.59 Å². The Labute approximate surface area is 118 Å². The number of carboxylic acids is 1. The highest BCUT2D eigenvalue weighted by atomic mass is 32.1. The number of thiazole rings is 1. The number of carbonyl (C=O) groups excluding carboxylic acids is 1. The predicted molar refractivity (Wildman–Crippen MR) is 74.1 cm³/mol. The number of carbonyl (C=O) groups is 2. The average molecular weight is 293 g/mol. The van der Waals surface area contributed by atoms with Crippen molar-refractivity contribution in [1.82, 2.24) is 4.98 Å². The predicted octanol–water partition coefficient (Wildman–Crippen LogP) is 1.44. The molecule has 1 amide bonds. The summed E-state index contributed by atoms with van der Waals surface area (Å²) in [5.41, 5.74) is 5.87. The Balaban J connectivity index is 1.93. The van der Waals surface area contributed by atoms with Crippen LogP contribution in [0.5, 0.6) is 5.75 Å². The van der Waals surface area contributed by atoms with Gasteiger partial charge >= 0.3 is 5.97 Å². The van der Waals surface area contributed by atoms with Gasteiger partial charge in [-0.3, -0.25) is 10.1 Å². The van der Waals surface area contributed by atoms with Crippen LogP contribution in [-0.4, -0.2) is 28.6 Å². The topological polar surface area (TPSA) is 115 Å². The van der Waals surface area contributed by atoms with E-state index >= 15 is 0 Å². The molecule has 20 heavy (non-hydrogen) atoms. The molecule has 0 aliphatic rings. The van der Waals surface area contributed by atoms with Crippen LogP contribution in [0.4, 0.5) is 10.8 Å². The van der Waals surface area contributed by atoms with Crippen LogP contribution in [0, 0.1) is 0 Å². The van der Waals surface area contributed by atoms with E-state index < -0.39 is 5.97 Å². The number of ether oxygens (including phenoxy) is 1. The van der Waals surface area contributed by atoms with Crippen molar-refractivity contribution < 1.29 is 19.4 Å². The maximum Gasteiger partial charge on any atom is 0.335 e. The number of carboxylic acid groups (broad SMARTS) is 1. The van der Waals surface area contributed by atoms with Gasteiger partial charge in [-0.25, -0.2) is 9.78 Å². The molecule has 0 radical (unpaired) electrons. The first-order valence-corrected chi connectivity index (χ1v) is 6.39.